The summed E-state index contributed by atoms with van der Waals surface area (Å²) in [7, 11) is 0. The molecule has 3 aromatic rings. The van der Waals surface area contributed by atoms with Crippen molar-refractivity contribution >= 4 is 22.5 Å². The molecule has 3 rings (SSSR count). The number of carbonyl (C=O) groups excluding carboxylic acids is 1. The number of benzene rings is 2. The summed E-state index contributed by atoms with van der Waals surface area (Å²) in [6, 6.07) is 16.6. The standard InChI is InChI=1S/C18H16N2O2/c1-2-22-14-10-8-13(9-11-14)18(21)20-17-7-3-6-16-15(17)5-4-12-19-16/h3-12H,2H2,1H3,(H,20,21). The van der Waals surface area contributed by atoms with Crippen molar-refractivity contribution in [1.29, 1.82) is 0 Å². The number of fused-ring (bicyclic) bond motifs is 1. The van der Waals surface area contributed by atoms with Gasteiger partial charge in [0.2, 0.25) is 0 Å². The predicted octanol–water partition coefficient (Wildman–Crippen LogP) is 3.89. The molecule has 110 valence electrons. The number of rotatable bonds is 4. The number of anilines is 1. The zero-order valence-electron chi connectivity index (χ0n) is 12.2. The zero-order chi connectivity index (χ0) is 15.4. The minimum absolute atomic E-state index is 0.153. The van der Waals surface area contributed by atoms with E-state index in [9.17, 15) is 4.79 Å². The van der Waals surface area contributed by atoms with Gasteiger partial charge in [-0.05, 0) is 55.5 Å². The van der Waals surface area contributed by atoms with Gasteiger partial charge in [-0.15, -0.1) is 0 Å². The molecule has 1 heterocycles. The van der Waals surface area contributed by atoms with Gasteiger partial charge in [0.1, 0.15) is 5.75 Å². The van der Waals surface area contributed by atoms with E-state index in [2.05, 4.69) is 10.3 Å². The molecule has 0 spiro atoms. The fourth-order valence-corrected chi connectivity index (χ4v) is 2.28. The van der Waals surface area contributed by atoms with Crippen LogP contribution in [0.3, 0.4) is 0 Å². The van der Waals surface area contributed by atoms with Crippen LogP contribution in [0.5, 0.6) is 5.75 Å². The summed E-state index contributed by atoms with van der Waals surface area (Å²) in [5, 5.41) is 3.85. The molecule has 2 aromatic carbocycles. The van der Waals surface area contributed by atoms with Crippen LogP contribution in [0.2, 0.25) is 0 Å². The minimum Gasteiger partial charge on any atom is -0.494 e. The monoisotopic (exact) mass is 292 g/mol. The van der Waals surface area contributed by atoms with Gasteiger partial charge in [-0.3, -0.25) is 9.78 Å². The van der Waals surface area contributed by atoms with E-state index in [0.29, 0.717) is 12.2 Å². The van der Waals surface area contributed by atoms with Crippen LogP contribution in [0.1, 0.15) is 17.3 Å². The Morgan fingerprint density at radius 3 is 2.68 bits per heavy atom. The third-order valence-electron chi connectivity index (χ3n) is 3.32. The molecule has 0 atom stereocenters. The van der Waals surface area contributed by atoms with Crippen molar-refractivity contribution in [1.82, 2.24) is 4.98 Å². The Balaban J connectivity index is 1.83. The molecule has 0 aliphatic carbocycles. The highest BCUT2D eigenvalue weighted by Crippen LogP contribution is 2.22. The van der Waals surface area contributed by atoms with Crippen molar-refractivity contribution in [2.75, 3.05) is 11.9 Å². The molecule has 0 aliphatic heterocycles. The van der Waals surface area contributed by atoms with Crippen LogP contribution >= 0.6 is 0 Å². The van der Waals surface area contributed by atoms with Gasteiger partial charge in [-0.25, -0.2) is 0 Å². The van der Waals surface area contributed by atoms with Gasteiger partial charge in [0.05, 0.1) is 17.8 Å². The molecule has 0 radical (unpaired) electrons. The second kappa shape index (κ2) is 6.26. The first-order valence-electron chi connectivity index (χ1n) is 7.16. The Bertz CT molecular complexity index is 792. The van der Waals surface area contributed by atoms with Gasteiger partial charge in [-0.1, -0.05) is 6.07 Å². The molecule has 0 saturated carbocycles. The van der Waals surface area contributed by atoms with E-state index in [4.69, 9.17) is 4.74 Å². The number of carbonyl (C=O) groups is 1. The van der Waals surface area contributed by atoms with Crippen molar-refractivity contribution in [3.63, 3.8) is 0 Å². The van der Waals surface area contributed by atoms with E-state index in [1.54, 1.807) is 30.5 Å². The van der Waals surface area contributed by atoms with Crippen LogP contribution in [0.4, 0.5) is 5.69 Å². The third-order valence-corrected chi connectivity index (χ3v) is 3.32. The van der Waals surface area contributed by atoms with Gasteiger partial charge in [0, 0.05) is 17.1 Å². The number of nitrogens with one attached hydrogen (secondary N) is 1. The summed E-state index contributed by atoms with van der Waals surface area (Å²) in [6.45, 7) is 2.53. The maximum atomic E-state index is 12.4. The van der Waals surface area contributed by atoms with Crippen molar-refractivity contribution in [2.45, 2.75) is 6.92 Å². The molecule has 0 bridgehead atoms. The van der Waals surface area contributed by atoms with Crippen LogP contribution in [-0.4, -0.2) is 17.5 Å². The lowest BCUT2D eigenvalue weighted by atomic mass is 10.1. The highest BCUT2D eigenvalue weighted by molar-refractivity contribution is 6.08. The van der Waals surface area contributed by atoms with E-state index in [1.807, 2.05) is 37.3 Å². The maximum Gasteiger partial charge on any atom is 0.255 e. The molecule has 0 unspecified atom stereocenters. The highest BCUT2D eigenvalue weighted by Gasteiger charge is 2.08. The lowest BCUT2D eigenvalue weighted by Gasteiger charge is -2.09. The molecular formula is C18H16N2O2. The smallest absolute Gasteiger partial charge is 0.255 e. The number of aromatic nitrogens is 1. The second-order valence-electron chi connectivity index (χ2n) is 4.79. The van der Waals surface area contributed by atoms with Gasteiger partial charge in [0.15, 0.2) is 0 Å². The molecule has 0 saturated heterocycles. The van der Waals surface area contributed by atoms with Crippen LogP contribution < -0.4 is 10.1 Å². The summed E-state index contributed by atoms with van der Waals surface area (Å²) < 4.78 is 5.38. The summed E-state index contributed by atoms with van der Waals surface area (Å²) in [4.78, 5) is 16.6. The first-order valence-corrected chi connectivity index (χ1v) is 7.16. The predicted molar refractivity (Wildman–Crippen MR) is 87.3 cm³/mol. The van der Waals surface area contributed by atoms with Gasteiger partial charge in [0.25, 0.3) is 5.91 Å². The first-order chi connectivity index (χ1) is 10.8. The Morgan fingerprint density at radius 1 is 1.09 bits per heavy atom. The van der Waals surface area contributed by atoms with E-state index in [0.717, 1.165) is 22.3 Å². The SMILES string of the molecule is CCOc1ccc(C(=O)Nc2cccc3ncccc23)cc1. The van der Waals surface area contributed by atoms with Gasteiger partial charge >= 0.3 is 0 Å². The number of amides is 1. The summed E-state index contributed by atoms with van der Waals surface area (Å²) in [5.74, 6) is 0.604. The second-order valence-corrected chi connectivity index (χ2v) is 4.79. The van der Waals surface area contributed by atoms with Crippen LogP contribution in [-0.2, 0) is 0 Å². The highest BCUT2D eigenvalue weighted by atomic mass is 16.5. The van der Waals surface area contributed by atoms with Crippen LogP contribution in [0.15, 0.2) is 60.8 Å². The number of hydrogen-bond donors (Lipinski definition) is 1. The fraction of sp³-hybridized carbons (Fsp3) is 0.111. The maximum absolute atomic E-state index is 12.4. The number of ether oxygens (including phenoxy) is 1. The van der Waals surface area contributed by atoms with E-state index in [1.165, 1.54) is 0 Å². The lowest BCUT2D eigenvalue weighted by molar-refractivity contribution is 0.102. The summed E-state index contributed by atoms with van der Waals surface area (Å²) in [5.41, 5.74) is 2.20. The quantitative estimate of drug-likeness (QED) is 0.793. The van der Waals surface area contributed by atoms with Crippen molar-refractivity contribution in [2.24, 2.45) is 0 Å². The molecule has 4 nitrogen and oxygen atoms in total. The molecule has 1 amide bonds. The zero-order valence-corrected chi connectivity index (χ0v) is 12.2. The van der Waals surface area contributed by atoms with E-state index >= 15 is 0 Å². The van der Waals surface area contributed by atoms with Crippen LogP contribution in [0, 0.1) is 0 Å². The number of pyridine rings is 1. The Labute approximate surface area is 128 Å². The molecule has 1 N–H and O–H groups in total. The van der Waals surface area contributed by atoms with E-state index < -0.39 is 0 Å². The van der Waals surface area contributed by atoms with Crippen molar-refractivity contribution in [3.8, 4) is 5.75 Å². The molecule has 4 heteroatoms. The summed E-state index contributed by atoms with van der Waals surface area (Å²) in [6.07, 6.45) is 1.74. The Morgan fingerprint density at radius 2 is 1.91 bits per heavy atom. The first kappa shape index (κ1) is 14.1. The number of nitrogens with zero attached hydrogens (tertiary/aromatic N) is 1. The topological polar surface area (TPSA) is 51.2 Å². The average molecular weight is 292 g/mol. The minimum atomic E-state index is -0.153. The lowest BCUT2D eigenvalue weighted by Crippen LogP contribution is -2.12. The average Bonchev–Trinajstić information content (AvgIpc) is 2.56. The third kappa shape index (κ3) is 2.91. The number of hydrogen-bond acceptors (Lipinski definition) is 3. The van der Waals surface area contributed by atoms with Crippen molar-refractivity contribution < 1.29 is 9.53 Å². The van der Waals surface area contributed by atoms with Crippen LogP contribution in [0.25, 0.3) is 10.9 Å². The Kier molecular flexibility index (Phi) is 4.01. The van der Waals surface area contributed by atoms with E-state index in [-0.39, 0.29) is 5.91 Å². The molecular weight excluding hydrogens is 276 g/mol. The fourth-order valence-electron chi connectivity index (χ4n) is 2.28. The summed E-state index contributed by atoms with van der Waals surface area (Å²) >= 11 is 0. The van der Waals surface area contributed by atoms with Gasteiger partial charge in [-0.2, -0.15) is 0 Å². The van der Waals surface area contributed by atoms with Crippen molar-refractivity contribution in [3.05, 3.63) is 66.4 Å². The molecule has 0 aliphatic rings. The van der Waals surface area contributed by atoms with Gasteiger partial charge < -0.3 is 10.1 Å². The Hall–Kier alpha value is -2.88. The molecule has 22 heavy (non-hydrogen) atoms. The molecule has 1 aromatic heterocycles. The molecule has 0 fully saturated rings. The normalized spacial score (nSPS) is 10.4. The largest absolute Gasteiger partial charge is 0.494 e.